The predicted molar refractivity (Wildman–Crippen MR) is 137 cm³/mol. The highest BCUT2D eigenvalue weighted by atomic mass is 32.1. The lowest BCUT2D eigenvalue weighted by Gasteiger charge is -2.24. The SMILES string of the molecule is Cc1ccc(C2=NN(C(=S)NCCc3ccccc3)[C@@H](c3cnc4ccccc4n3)C2)cc1. The van der Waals surface area contributed by atoms with Gasteiger partial charge >= 0.3 is 0 Å². The molecule has 0 radical (unpaired) electrons. The second-order valence-electron chi connectivity index (χ2n) is 8.23. The van der Waals surface area contributed by atoms with Crippen LogP contribution >= 0.6 is 12.2 Å². The molecule has 0 spiro atoms. The number of aromatic nitrogens is 2. The zero-order valence-electron chi connectivity index (χ0n) is 18.5. The van der Waals surface area contributed by atoms with Crippen LogP contribution in [0.5, 0.6) is 0 Å². The second kappa shape index (κ2) is 9.46. The van der Waals surface area contributed by atoms with Gasteiger partial charge in [-0.1, -0.05) is 72.3 Å². The normalized spacial score (nSPS) is 15.5. The zero-order valence-corrected chi connectivity index (χ0v) is 19.3. The van der Waals surface area contributed by atoms with E-state index in [-0.39, 0.29) is 6.04 Å². The Morgan fingerprint density at radius 1 is 0.970 bits per heavy atom. The van der Waals surface area contributed by atoms with Crippen LogP contribution in [-0.2, 0) is 6.42 Å². The van der Waals surface area contributed by atoms with E-state index in [1.807, 2.05) is 41.5 Å². The van der Waals surface area contributed by atoms with Crippen LogP contribution < -0.4 is 5.32 Å². The van der Waals surface area contributed by atoms with Crippen molar-refractivity contribution in [2.45, 2.75) is 25.8 Å². The molecule has 0 aliphatic carbocycles. The summed E-state index contributed by atoms with van der Waals surface area (Å²) < 4.78 is 0. The molecule has 0 saturated heterocycles. The first kappa shape index (κ1) is 21.2. The minimum atomic E-state index is -0.102. The maximum absolute atomic E-state index is 5.79. The molecular formula is C27H25N5S. The third kappa shape index (κ3) is 4.76. The van der Waals surface area contributed by atoms with Crippen molar-refractivity contribution in [3.8, 4) is 0 Å². The fourth-order valence-corrected chi connectivity index (χ4v) is 4.29. The number of benzene rings is 3. The van der Waals surface area contributed by atoms with Crippen molar-refractivity contribution in [2.24, 2.45) is 5.10 Å². The van der Waals surface area contributed by atoms with Crippen LogP contribution in [-0.4, -0.2) is 32.3 Å². The number of rotatable bonds is 5. The number of para-hydroxylation sites is 2. The van der Waals surface area contributed by atoms with Crippen LogP contribution in [0.15, 0.2) is 90.2 Å². The first-order chi connectivity index (χ1) is 16.2. The summed E-state index contributed by atoms with van der Waals surface area (Å²) in [6.45, 7) is 2.83. The smallest absolute Gasteiger partial charge is 0.190 e. The quantitative estimate of drug-likeness (QED) is 0.422. The molecule has 1 aliphatic rings. The molecule has 0 saturated carbocycles. The van der Waals surface area contributed by atoms with Crippen molar-refractivity contribution in [1.29, 1.82) is 0 Å². The third-order valence-corrected chi connectivity index (χ3v) is 6.18. The molecule has 5 rings (SSSR count). The van der Waals surface area contributed by atoms with Gasteiger partial charge in [0.15, 0.2) is 5.11 Å². The number of fused-ring (bicyclic) bond motifs is 1. The third-order valence-electron chi connectivity index (χ3n) is 5.84. The average Bonchev–Trinajstić information content (AvgIpc) is 3.30. The van der Waals surface area contributed by atoms with E-state index in [1.165, 1.54) is 11.1 Å². The molecule has 1 atom stereocenters. The van der Waals surface area contributed by atoms with Gasteiger partial charge in [0.1, 0.15) is 6.04 Å². The molecule has 1 aliphatic heterocycles. The van der Waals surface area contributed by atoms with Crippen molar-refractivity contribution >= 4 is 34.1 Å². The molecule has 3 aromatic carbocycles. The topological polar surface area (TPSA) is 53.4 Å². The molecule has 0 amide bonds. The van der Waals surface area contributed by atoms with Gasteiger partial charge in [0.2, 0.25) is 0 Å². The fraction of sp³-hybridized carbons (Fsp3) is 0.185. The second-order valence-corrected chi connectivity index (χ2v) is 8.62. The molecule has 33 heavy (non-hydrogen) atoms. The molecule has 2 heterocycles. The average molecular weight is 452 g/mol. The number of thiocarbonyl (C=S) groups is 1. The van der Waals surface area contributed by atoms with E-state index < -0.39 is 0 Å². The number of nitrogens with one attached hydrogen (secondary N) is 1. The van der Waals surface area contributed by atoms with E-state index >= 15 is 0 Å². The molecule has 1 N–H and O–H groups in total. The number of hydrazone groups is 1. The number of hydrogen-bond acceptors (Lipinski definition) is 4. The Morgan fingerprint density at radius 3 is 2.48 bits per heavy atom. The summed E-state index contributed by atoms with van der Waals surface area (Å²) in [5.41, 5.74) is 7.23. The molecule has 0 unspecified atom stereocenters. The molecular weight excluding hydrogens is 426 g/mol. The minimum Gasteiger partial charge on any atom is -0.361 e. The van der Waals surface area contributed by atoms with Crippen LogP contribution in [0.4, 0.5) is 0 Å². The Bertz CT molecular complexity index is 1300. The first-order valence-corrected chi connectivity index (χ1v) is 11.6. The van der Waals surface area contributed by atoms with Crippen molar-refractivity contribution in [1.82, 2.24) is 20.3 Å². The summed E-state index contributed by atoms with van der Waals surface area (Å²) in [5.74, 6) is 0. The van der Waals surface area contributed by atoms with E-state index in [9.17, 15) is 0 Å². The van der Waals surface area contributed by atoms with Gasteiger partial charge in [-0.15, -0.1) is 0 Å². The molecule has 164 valence electrons. The fourth-order valence-electron chi connectivity index (χ4n) is 4.02. The lowest BCUT2D eigenvalue weighted by Crippen LogP contribution is -2.38. The predicted octanol–water partition coefficient (Wildman–Crippen LogP) is 5.21. The zero-order chi connectivity index (χ0) is 22.6. The van der Waals surface area contributed by atoms with Gasteiger partial charge in [0.05, 0.1) is 28.6 Å². The van der Waals surface area contributed by atoms with Gasteiger partial charge in [-0.3, -0.25) is 4.98 Å². The standard InChI is InChI=1S/C27H25N5S/c1-19-11-13-21(14-12-19)24-17-26(25-18-29-22-9-5-6-10-23(22)30-25)32(31-24)27(33)28-16-15-20-7-3-2-4-8-20/h2-14,18,26H,15-17H2,1H3,(H,28,33)/t26-/m1/s1. The maximum Gasteiger partial charge on any atom is 0.190 e. The molecule has 0 bridgehead atoms. The maximum atomic E-state index is 5.79. The Hall–Kier alpha value is -3.64. The van der Waals surface area contributed by atoms with Gasteiger partial charge in [-0.05, 0) is 48.8 Å². The summed E-state index contributed by atoms with van der Waals surface area (Å²) in [6.07, 6.45) is 3.46. The Morgan fingerprint density at radius 2 is 1.70 bits per heavy atom. The van der Waals surface area contributed by atoms with Crippen molar-refractivity contribution in [2.75, 3.05) is 6.54 Å². The number of hydrogen-bond donors (Lipinski definition) is 1. The highest BCUT2D eigenvalue weighted by Crippen LogP contribution is 2.32. The highest BCUT2D eigenvalue weighted by molar-refractivity contribution is 7.80. The first-order valence-electron chi connectivity index (χ1n) is 11.1. The molecule has 5 nitrogen and oxygen atoms in total. The van der Waals surface area contributed by atoms with Gasteiger partial charge < -0.3 is 5.32 Å². The van der Waals surface area contributed by atoms with Crippen molar-refractivity contribution < 1.29 is 0 Å². The number of aryl methyl sites for hydroxylation is 1. The molecule has 0 fully saturated rings. The summed E-state index contributed by atoms with van der Waals surface area (Å²) in [6, 6.07) is 26.7. The van der Waals surface area contributed by atoms with E-state index in [4.69, 9.17) is 22.3 Å². The van der Waals surface area contributed by atoms with Crippen molar-refractivity contribution in [3.05, 3.63) is 107 Å². The number of nitrogens with zero attached hydrogens (tertiary/aromatic N) is 4. The largest absolute Gasteiger partial charge is 0.361 e. The van der Waals surface area contributed by atoms with Crippen LogP contribution in [0.2, 0.25) is 0 Å². The van der Waals surface area contributed by atoms with Crippen molar-refractivity contribution in [3.63, 3.8) is 0 Å². The summed E-state index contributed by atoms with van der Waals surface area (Å²) >= 11 is 5.79. The summed E-state index contributed by atoms with van der Waals surface area (Å²) in [5, 5.41) is 10.8. The van der Waals surface area contributed by atoms with Gasteiger partial charge in [-0.2, -0.15) is 5.10 Å². The monoisotopic (exact) mass is 451 g/mol. The van der Waals surface area contributed by atoms with Gasteiger partial charge in [-0.25, -0.2) is 9.99 Å². The van der Waals surface area contributed by atoms with E-state index in [2.05, 4.69) is 65.8 Å². The summed E-state index contributed by atoms with van der Waals surface area (Å²) in [4.78, 5) is 9.52. The van der Waals surface area contributed by atoms with Gasteiger partial charge in [0, 0.05) is 13.0 Å². The van der Waals surface area contributed by atoms with Gasteiger partial charge in [0.25, 0.3) is 0 Å². The molecule has 6 heteroatoms. The van der Waals surface area contributed by atoms with Crippen LogP contribution in [0, 0.1) is 6.92 Å². The molecule has 4 aromatic rings. The van der Waals surface area contributed by atoms with Crippen LogP contribution in [0.1, 0.15) is 34.8 Å². The molecule has 1 aromatic heterocycles. The van der Waals surface area contributed by atoms with E-state index in [0.717, 1.165) is 47.4 Å². The lowest BCUT2D eigenvalue weighted by molar-refractivity contribution is 0.357. The Labute approximate surface area is 199 Å². The van der Waals surface area contributed by atoms with E-state index in [0.29, 0.717) is 5.11 Å². The van der Waals surface area contributed by atoms with E-state index in [1.54, 1.807) is 0 Å². The summed E-state index contributed by atoms with van der Waals surface area (Å²) in [7, 11) is 0. The Balaban J connectivity index is 1.40. The lowest BCUT2D eigenvalue weighted by atomic mass is 10.0. The Kier molecular flexibility index (Phi) is 6.09. The van der Waals surface area contributed by atoms with Crippen LogP contribution in [0.3, 0.4) is 0 Å². The minimum absolute atomic E-state index is 0.102. The van der Waals surface area contributed by atoms with Crippen LogP contribution in [0.25, 0.3) is 11.0 Å². The highest BCUT2D eigenvalue weighted by Gasteiger charge is 2.32.